The van der Waals surface area contributed by atoms with Crippen LogP contribution in [0.4, 0.5) is 5.69 Å². The van der Waals surface area contributed by atoms with Crippen molar-refractivity contribution in [3.05, 3.63) is 24.3 Å². The Hall–Kier alpha value is -1.23. The van der Waals surface area contributed by atoms with Crippen LogP contribution in [-0.4, -0.2) is 38.5 Å². The van der Waals surface area contributed by atoms with E-state index in [4.69, 9.17) is 4.74 Å². The van der Waals surface area contributed by atoms with E-state index in [9.17, 15) is 4.79 Å². The van der Waals surface area contributed by atoms with Gasteiger partial charge in [0, 0.05) is 25.8 Å². The number of hydrogen-bond donors (Lipinski definition) is 1. The second-order valence-corrected chi connectivity index (χ2v) is 4.28. The first-order valence-corrected chi connectivity index (χ1v) is 6.48. The lowest BCUT2D eigenvalue weighted by Crippen LogP contribution is -2.28. The molecule has 0 aliphatic rings. The zero-order chi connectivity index (χ0) is 12.7. The summed E-state index contributed by atoms with van der Waals surface area (Å²) in [5, 5.41) is 3.04. The van der Waals surface area contributed by atoms with E-state index in [1.165, 1.54) is 0 Å². The van der Waals surface area contributed by atoms with Crippen molar-refractivity contribution in [3.8, 4) is 5.75 Å². The van der Waals surface area contributed by atoms with E-state index in [1.54, 1.807) is 0 Å². The van der Waals surface area contributed by atoms with Crippen LogP contribution in [0.3, 0.4) is 0 Å². The molecule has 0 spiro atoms. The van der Waals surface area contributed by atoms with Crippen LogP contribution in [0.15, 0.2) is 24.3 Å². The van der Waals surface area contributed by atoms with Crippen molar-refractivity contribution in [2.75, 3.05) is 37.5 Å². The Bertz CT molecular complexity index is 369. The van der Waals surface area contributed by atoms with Crippen LogP contribution in [-0.2, 0) is 4.79 Å². The number of rotatable bonds is 6. The number of carbonyl (C=O) groups is 1. The van der Waals surface area contributed by atoms with Gasteiger partial charge in [-0.2, -0.15) is 0 Å². The maximum absolute atomic E-state index is 10.9. The number of benzene rings is 1. The molecule has 0 aliphatic carbocycles. The van der Waals surface area contributed by atoms with Gasteiger partial charge in [-0.15, -0.1) is 0 Å². The lowest BCUT2D eigenvalue weighted by Gasteiger charge is -2.14. The van der Waals surface area contributed by atoms with Gasteiger partial charge in [-0.05, 0) is 12.1 Å². The van der Waals surface area contributed by atoms with E-state index >= 15 is 0 Å². The molecule has 5 heteroatoms. The van der Waals surface area contributed by atoms with E-state index in [1.807, 2.05) is 43.3 Å². The third-order valence-electron chi connectivity index (χ3n) is 2.15. The van der Waals surface area contributed by atoms with Gasteiger partial charge < -0.3 is 15.0 Å². The molecule has 94 valence electrons. The predicted octanol–water partition coefficient (Wildman–Crippen LogP) is 1.64. The number of ether oxygens (including phenoxy) is 1. The minimum absolute atomic E-state index is 0.0318. The topological polar surface area (TPSA) is 41.6 Å². The quantitative estimate of drug-likeness (QED) is 0.641. The van der Waals surface area contributed by atoms with Crippen LogP contribution in [0.5, 0.6) is 5.75 Å². The summed E-state index contributed by atoms with van der Waals surface area (Å²) in [4.78, 5) is 13.0. The molecule has 4 nitrogen and oxygen atoms in total. The fraction of sp³-hybridized carbons (Fsp3) is 0.417. The van der Waals surface area contributed by atoms with Crippen LogP contribution in [0.25, 0.3) is 0 Å². The molecular formula is C12H17BrN2O2. The third kappa shape index (κ3) is 5.08. The molecule has 0 saturated heterocycles. The number of nitrogens with one attached hydrogen (secondary N) is 1. The molecule has 0 radical (unpaired) electrons. The summed E-state index contributed by atoms with van der Waals surface area (Å²) >= 11 is 3.08. The monoisotopic (exact) mass is 300 g/mol. The molecule has 0 heterocycles. The molecule has 17 heavy (non-hydrogen) atoms. The van der Waals surface area contributed by atoms with E-state index in [2.05, 4.69) is 21.2 Å². The molecule has 0 unspecified atom stereocenters. The van der Waals surface area contributed by atoms with Crippen LogP contribution in [0.2, 0.25) is 0 Å². The Balaban J connectivity index is 2.36. The predicted molar refractivity (Wildman–Crippen MR) is 73.1 cm³/mol. The molecule has 0 atom stereocenters. The molecule has 1 rings (SSSR count). The largest absolute Gasteiger partial charge is 0.492 e. The number of nitrogens with zero attached hydrogens (tertiary/aromatic N) is 1. The smallest absolute Gasteiger partial charge is 0.230 e. The SMILES string of the molecule is CN(C)c1cccc(OCCNC(=O)CBr)c1. The second-order valence-electron chi connectivity index (χ2n) is 3.72. The number of alkyl halides is 1. The summed E-state index contributed by atoms with van der Waals surface area (Å²) < 4.78 is 5.54. The molecule has 0 fully saturated rings. The van der Waals surface area contributed by atoms with Gasteiger partial charge in [0.05, 0.1) is 11.9 Å². The van der Waals surface area contributed by atoms with Gasteiger partial charge in [0.1, 0.15) is 12.4 Å². The summed E-state index contributed by atoms with van der Waals surface area (Å²) in [7, 11) is 3.96. The summed E-state index contributed by atoms with van der Waals surface area (Å²) in [6.45, 7) is 0.978. The number of carbonyl (C=O) groups excluding carboxylic acids is 1. The number of amides is 1. The zero-order valence-corrected chi connectivity index (χ0v) is 11.7. The van der Waals surface area contributed by atoms with Crippen LogP contribution in [0, 0.1) is 0 Å². The fourth-order valence-corrected chi connectivity index (χ4v) is 1.46. The average Bonchev–Trinajstić information content (AvgIpc) is 2.34. The highest BCUT2D eigenvalue weighted by atomic mass is 79.9. The number of hydrogen-bond acceptors (Lipinski definition) is 3. The van der Waals surface area contributed by atoms with Gasteiger partial charge in [-0.25, -0.2) is 0 Å². The molecule has 1 amide bonds. The first-order valence-electron chi connectivity index (χ1n) is 5.36. The van der Waals surface area contributed by atoms with Gasteiger partial charge in [0.25, 0.3) is 0 Å². The van der Waals surface area contributed by atoms with Crippen molar-refractivity contribution < 1.29 is 9.53 Å². The maximum Gasteiger partial charge on any atom is 0.230 e. The average molecular weight is 301 g/mol. The summed E-state index contributed by atoms with van der Waals surface area (Å²) in [6.07, 6.45) is 0. The molecule has 1 aromatic carbocycles. The molecule has 0 aliphatic heterocycles. The summed E-state index contributed by atoms with van der Waals surface area (Å²) in [6, 6.07) is 7.83. The molecule has 0 aromatic heterocycles. The lowest BCUT2D eigenvalue weighted by molar-refractivity contribution is -0.118. The minimum atomic E-state index is -0.0318. The summed E-state index contributed by atoms with van der Waals surface area (Å²) in [5.41, 5.74) is 1.09. The van der Waals surface area contributed by atoms with Crippen LogP contribution < -0.4 is 15.0 Å². The van der Waals surface area contributed by atoms with Gasteiger partial charge in [-0.1, -0.05) is 22.0 Å². The molecular weight excluding hydrogens is 284 g/mol. The van der Waals surface area contributed by atoms with Crippen molar-refractivity contribution in [1.82, 2.24) is 5.32 Å². The van der Waals surface area contributed by atoms with Crippen LogP contribution in [0.1, 0.15) is 0 Å². The normalized spacial score (nSPS) is 9.82. The molecule has 0 saturated carbocycles. The van der Waals surface area contributed by atoms with Gasteiger partial charge in [0.2, 0.25) is 5.91 Å². The Morgan fingerprint density at radius 1 is 1.47 bits per heavy atom. The molecule has 1 aromatic rings. The minimum Gasteiger partial charge on any atom is -0.492 e. The highest BCUT2D eigenvalue weighted by Crippen LogP contribution is 2.18. The van der Waals surface area contributed by atoms with E-state index < -0.39 is 0 Å². The molecule has 0 bridgehead atoms. The lowest BCUT2D eigenvalue weighted by atomic mass is 10.3. The number of anilines is 1. The zero-order valence-electron chi connectivity index (χ0n) is 10.1. The number of halogens is 1. The van der Waals surface area contributed by atoms with Crippen molar-refractivity contribution in [3.63, 3.8) is 0 Å². The standard InChI is InChI=1S/C12H17BrN2O2/c1-15(2)10-4-3-5-11(8-10)17-7-6-14-12(16)9-13/h3-5,8H,6-7,9H2,1-2H3,(H,14,16). The molecule has 1 N–H and O–H groups in total. The van der Waals surface area contributed by atoms with E-state index in [0.717, 1.165) is 11.4 Å². The highest BCUT2D eigenvalue weighted by Gasteiger charge is 1.99. The van der Waals surface area contributed by atoms with Crippen molar-refractivity contribution in [1.29, 1.82) is 0 Å². The van der Waals surface area contributed by atoms with Crippen LogP contribution >= 0.6 is 15.9 Å². The highest BCUT2D eigenvalue weighted by molar-refractivity contribution is 9.09. The Labute approximate surface area is 110 Å². The Morgan fingerprint density at radius 3 is 2.88 bits per heavy atom. The van der Waals surface area contributed by atoms with Gasteiger partial charge in [-0.3, -0.25) is 4.79 Å². The first kappa shape index (κ1) is 13.8. The Morgan fingerprint density at radius 2 is 2.24 bits per heavy atom. The maximum atomic E-state index is 10.9. The van der Waals surface area contributed by atoms with Gasteiger partial charge >= 0.3 is 0 Å². The van der Waals surface area contributed by atoms with Gasteiger partial charge in [0.15, 0.2) is 0 Å². The third-order valence-corrected chi connectivity index (χ3v) is 2.66. The first-order chi connectivity index (χ1) is 8.13. The second kappa shape index (κ2) is 7.17. The van der Waals surface area contributed by atoms with Crippen molar-refractivity contribution in [2.24, 2.45) is 0 Å². The summed E-state index contributed by atoms with van der Waals surface area (Å²) in [5.74, 6) is 0.778. The van der Waals surface area contributed by atoms with Crippen molar-refractivity contribution >= 4 is 27.5 Å². The fourth-order valence-electron chi connectivity index (χ4n) is 1.26. The van der Waals surface area contributed by atoms with E-state index in [0.29, 0.717) is 18.5 Å². The Kier molecular flexibility index (Phi) is 5.83. The van der Waals surface area contributed by atoms with E-state index in [-0.39, 0.29) is 5.91 Å². The van der Waals surface area contributed by atoms with Crippen molar-refractivity contribution in [2.45, 2.75) is 0 Å².